The number of carbonyl (C=O) groups excluding carboxylic acids is 1. The molecule has 1 unspecified atom stereocenters. The molecule has 0 saturated carbocycles. The number of likely N-dealkylation sites (N-methyl/N-ethyl adjacent to an activating group) is 1. The number of amides is 1. The molecule has 22 heavy (non-hydrogen) atoms. The first-order chi connectivity index (χ1) is 10.5. The van der Waals surface area contributed by atoms with Crippen LogP contribution in [-0.4, -0.2) is 56.9 Å². The lowest BCUT2D eigenvalue weighted by Gasteiger charge is -2.24. The SMILES string of the molecule is CNCC1CCCN1C(=O)CCNS(=O)(=O)c1cccnc1. The molecule has 0 aliphatic carbocycles. The van der Waals surface area contributed by atoms with Gasteiger partial charge in [0.05, 0.1) is 0 Å². The third-order valence-electron chi connectivity index (χ3n) is 3.71. The van der Waals surface area contributed by atoms with Crippen LogP contribution in [0.3, 0.4) is 0 Å². The molecule has 1 aromatic heterocycles. The van der Waals surface area contributed by atoms with Crippen molar-refractivity contribution in [2.24, 2.45) is 0 Å². The van der Waals surface area contributed by atoms with Crippen LogP contribution in [0, 0.1) is 0 Å². The minimum atomic E-state index is -3.60. The van der Waals surface area contributed by atoms with Gasteiger partial charge in [-0.3, -0.25) is 9.78 Å². The van der Waals surface area contributed by atoms with Gasteiger partial charge in [-0.1, -0.05) is 0 Å². The molecule has 0 aromatic carbocycles. The van der Waals surface area contributed by atoms with E-state index in [2.05, 4.69) is 15.0 Å². The highest BCUT2D eigenvalue weighted by Crippen LogP contribution is 2.17. The van der Waals surface area contributed by atoms with E-state index < -0.39 is 10.0 Å². The van der Waals surface area contributed by atoms with Crippen molar-refractivity contribution in [3.05, 3.63) is 24.5 Å². The van der Waals surface area contributed by atoms with Crippen molar-refractivity contribution in [1.82, 2.24) is 19.9 Å². The van der Waals surface area contributed by atoms with Crippen LogP contribution in [0.2, 0.25) is 0 Å². The Morgan fingerprint density at radius 3 is 3.00 bits per heavy atom. The molecule has 1 aliphatic rings. The van der Waals surface area contributed by atoms with Crippen LogP contribution < -0.4 is 10.0 Å². The number of carbonyl (C=O) groups is 1. The summed E-state index contributed by atoms with van der Waals surface area (Å²) in [6, 6.07) is 3.25. The van der Waals surface area contributed by atoms with Crippen molar-refractivity contribution in [3.63, 3.8) is 0 Å². The second-order valence-corrected chi connectivity index (χ2v) is 7.04. The van der Waals surface area contributed by atoms with E-state index in [0.717, 1.165) is 25.9 Å². The molecule has 2 heterocycles. The number of hydrogen-bond donors (Lipinski definition) is 2. The fourth-order valence-corrected chi connectivity index (χ4v) is 3.63. The maximum absolute atomic E-state index is 12.2. The van der Waals surface area contributed by atoms with Crippen molar-refractivity contribution in [2.75, 3.05) is 26.7 Å². The maximum atomic E-state index is 12.2. The largest absolute Gasteiger partial charge is 0.338 e. The van der Waals surface area contributed by atoms with E-state index in [4.69, 9.17) is 0 Å². The molecule has 1 aromatic rings. The average molecular weight is 326 g/mol. The smallest absolute Gasteiger partial charge is 0.242 e. The standard InChI is InChI=1S/C14H22N4O3S/c1-15-10-12-4-3-9-18(12)14(19)6-8-17-22(20,21)13-5-2-7-16-11-13/h2,5,7,11-12,15,17H,3-4,6,8-10H2,1H3. The summed E-state index contributed by atoms with van der Waals surface area (Å²) in [7, 11) is -1.73. The van der Waals surface area contributed by atoms with Gasteiger partial charge in [-0.25, -0.2) is 13.1 Å². The molecule has 2 rings (SSSR count). The molecule has 0 bridgehead atoms. The monoisotopic (exact) mass is 326 g/mol. The van der Waals surface area contributed by atoms with Crippen LogP contribution in [0.1, 0.15) is 19.3 Å². The molecule has 1 aliphatic heterocycles. The highest BCUT2D eigenvalue weighted by atomic mass is 32.2. The van der Waals surface area contributed by atoms with Gasteiger partial charge in [0.25, 0.3) is 0 Å². The summed E-state index contributed by atoms with van der Waals surface area (Å²) in [5.41, 5.74) is 0. The van der Waals surface area contributed by atoms with E-state index in [1.165, 1.54) is 18.5 Å². The number of aromatic nitrogens is 1. The van der Waals surface area contributed by atoms with E-state index >= 15 is 0 Å². The number of hydrogen-bond acceptors (Lipinski definition) is 5. The van der Waals surface area contributed by atoms with Crippen molar-refractivity contribution in [3.8, 4) is 0 Å². The fourth-order valence-electron chi connectivity index (χ4n) is 2.64. The molecule has 7 nitrogen and oxygen atoms in total. The third kappa shape index (κ3) is 4.25. The van der Waals surface area contributed by atoms with Gasteiger partial charge in [0.15, 0.2) is 0 Å². The zero-order chi connectivity index (χ0) is 16.0. The van der Waals surface area contributed by atoms with Gasteiger partial charge in [0.1, 0.15) is 4.90 Å². The lowest BCUT2D eigenvalue weighted by Crippen LogP contribution is -2.42. The Balaban J connectivity index is 1.84. The van der Waals surface area contributed by atoms with Crippen LogP contribution in [0.5, 0.6) is 0 Å². The zero-order valence-corrected chi connectivity index (χ0v) is 13.5. The summed E-state index contributed by atoms with van der Waals surface area (Å²) in [5, 5.41) is 3.08. The zero-order valence-electron chi connectivity index (χ0n) is 12.7. The molecule has 2 N–H and O–H groups in total. The summed E-state index contributed by atoms with van der Waals surface area (Å²) in [6.07, 6.45) is 4.96. The van der Waals surface area contributed by atoms with Gasteiger partial charge < -0.3 is 10.2 Å². The van der Waals surface area contributed by atoms with Gasteiger partial charge in [-0.2, -0.15) is 0 Å². The van der Waals surface area contributed by atoms with Gasteiger partial charge in [0, 0.05) is 44.5 Å². The Kier molecular flexibility index (Phi) is 5.87. The molecule has 1 fully saturated rings. The van der Waals surface area contributed by atoms with Crippen LogP contribution in [0.15, 0.2) is 29.4 Å². The predicted octanol–water partition coefficient (Wildman–Crippen LogP) is -0.0396. The number of nitrogens with zero attached hydrogens (tertiary/aromatic N) is 2. The van der Waals surface area contributed by atoms with Crippen LogP contribution in [-0.2, 0) is 14.8 Å². The van der Waals surface area contributed by atoms with Crippen molar-refractivity contribution >= 4 is 15.9 Å². The van der Waals surface area contributed by atoms with Gasteiger partial charge in [-0.05, 0) is 32.0 Å². The molecule has 1 amide bonds. The average Bonchev–Trinajstić information content (AvgIpc) is 2.97. The summed E-state index contributed by atoms with van der Waals surface area (Å²) in [6.45, 7) is 1.62. The van der Waals surface area contributed by atoms with E-state index in [1.807, 2.05) is 11.9 Å². The van der Waals surface area contributed by atoms with Gasteiger partial charge in [-0.15, -0.1) is 0 Å². The van der Waals surface area contributed by atoms with Crippen molar-refractivity contribution in [2.45, 2.75) is 30.2 Å². The Bertz CT molecular complexity index is 591. The quantitative estimate of drug-likeness (QED) is 0.734. The first-order valence-corrected chi connectivity index (χ1v) is 8.86. The normalized spacial score (nSPS) is 18.6. The van der Waals surface area contributed by atoms with Crippen LogP contribution in [0.25, 0.3) is 0 Å². The predicted molar refractivity (Wildman–Crippen MR) is 82.7 cm³/mol. The summed E-state index contributed by atoms with van der Waals surface area (Å²) in [5.74, 6) is -0.00774. The Morgan fingerprint density at radius 1 is 1.50 bits per heavy atom. The fraction of sp³-hybridized carbons (Fsp3) is 0.571. The lowest BCUT2D eigenvalue weighted by atomic mass is 10.2. The van der Waals surface area contributed by atoms with E-state index in [1.54, 1.807) is 6.07 Å². The summed E-state index contributed by atoms with van der Waals surface area (Å²) >= 11 is 0. The van der Waals surface area contributed by atoms with Crippen LogP contribution in [0.4, 0.5) is 0 Å². The number of likely N-dealkylation sites (tertiary alicyclic amines) is 1. The van der Waals surface area contributed by atoms with Crippen LogP contribution >= 0.6 is 0 Å². The molecule has 122 valence electrons. The minimum Gasteiger partial charge on any atom is -0.338 e. The minimum absolute atomic E-state index is 0.00774. The van der Waals surface area contributed by atoms with Crippen molar-refractivity contribution in [1.29, 1.82) is 0 Å². The number of rotatable bonds is 7. The summed E-state index contributed by atoms with van der Waals surface area (Å²) in [4.78, 5) is 17.9. The van der Waals surface area contributed by atoms with Gasteiger partial charge >= 0.3 is 0 Å². The topological polar surface area (TPSA) is 91.4 Å². The molecule has 1 saturated heterocycles. The van der Waals surface area contributed by atoms with E-state index in [9.17, 15) is 13.2 Å². The lowest BCUT2D eigenvalue weighted by molar-refractivity contribution is -0.131. The molecule has 0 spiro atoms. The highest BCUT2D eigenvalue weighted by Gasteiger charge is 2.27. The number of sulfonamides is 1. The Morgan fingerprint density at radius 2 is 2.32 bits per heavy atom. The molecule has 1 atom stereocenters. The number of nitrogens with one attached hydrogen (secondary N) is 2. The Labute approximate surface area is 131 Å². The summed E-state index contributed by atoms with van der Waals surface area (Å²) < 4.78 is 26.5. The second-order valence-electron chi connectivity index (χ2n) is 5.28. The second kappa shape index (κ2) is 7.66. The first kappa shape index (κ1) is 16.9. The Hall–Kier alpha value is -1.51. The van der Waals surface area contributed by atoms with E-state index in [-0.39, 0.29) is 29.8 Å². The number of pyridine rings is 1. The molecular formula is C14H22N4O3S. The molecule has 8 heteroatoms. The molecular weight excluding hydrogens is 304 g/mol. The third-order valence-corrected chi connectivity index (χ3v) is 5.16. The van der Waals surface area contributed by atoms with Crippen molar-refractivity contribution < 1.29 is 13.2 Å². The van der Waals surface area contributed by atoms with Gasteiger partial charge in [0.2, 0.25) is 15.9 Å². The van der Waals surface area contributed by atoms with E-state index in [0.29, 0.717) is 0 Å². The highest BCUT2D eigenvalue weighted by molar-refractivity contribution is 7.89. The molecule has 0 radical (unpaired) electrons. The first-order valence-electron chi connectivity index (χ1n) is 7.38. The maximum Gasteiger partial charge on any atom is 0.242 e.